The Bertz CT molecular complexity index is 685. The summed E-state index contributed by atoms with van der Waals surface area (Å²) in [6.07, 6.45) is -0.593. The van der Waals surface area contributed by atoms with Gasteiger partial charge in [0.15, 0.2) is 0 Å². The van der Waals surface area contributed by atoms with Gasteiger partial charge in [-0.05, 0) is 30.0 Å². The maximum atomic E-state index is 12.7. The van der Waals surface area contributed by atoms with Gasteiger partial charge in [0.2, 0.25) is 0 Å². The van der Waals surface area contributed by atoms with E-state index in [9.17, 15) is 19.5 Å². The molecule has 0 aliphatic carbocycles. The molecule has 1 aromatic rings. The number of carbonyl (C=O) groups is 3. The Morgan fingerprint density at radius 1 is 1.19 bits per heavy atom. The lowest BCUT2D eigenvalue weighted by Crippen LogP contribution is -2.46. The number of aliphatic carboxylic acids is 1. The third-order valence-corrected chi connectivity index (χ3v) is 4.19. The molecule has 27 heavy (non-hydrogen) atoms. The minimum absolute atomic E-state index is 0.00632. The maximum Gasteiger partial charge on any atom is 0.327 e. The van der Waals surface area contributed by atoms with E-state index < -0.39 is 36.1 Å². The normalized spacial score (nSPS) is 18.1. The van der Waals surface area contributed by atoms with Crippen molar-refractivity contribution in [2.45, 2.75) is 38.5 Å². The van der Waals surface area contributed by atoms with Crippen molar-refractivity contribution >= 4 is 17.9 Å². The Labute approximate surface area is 156 Å². The zero-order chi connectivity index (χ0) is 20.1. The molecule has 0 bridgehead atoms. The summed E-state index contributed by atoms with van der Waals surface area (Å²) in [5, 5.41) is 30.0. The van der Waals surface area contributed by atoms with Crippen molar-refractivity contribution in [3.63, 3.8) is 0 Å². The van der Waals surface area contributed by atoms with Gasteiger partial charge in [-0.25, -0.2) is 14.5 Å². The van der Waals surface area contributed by atoms with E-state index in [0.717, 1.165) is 4.90 Å². The number of rotatable bonds is 9. The molecule has 0 aromatic heterocycles. The highest BCUT2D eigenvalue weighted by molar-refractivity contribution is 6.07. The van der Waals surface area contributed by atoms with Gasteiger partial charge in [-0.3, -0.25) is 4.79 Å². The number of carbonyl (C=O) groups excluding carboxylic acids is 2. The lowest BCUT2D eigenvalue weighted by Gasteiger charge is -2.23. The van der Waals surface area contributed by atoms with Gasteiger partial charge in [0, 0.05) is 0 Å². The second-order valence-electron chi connectivity index (χ2n) is 6.75. The third kappa shape index (κ3) is 4.75. The van der Waals surface area contributed by atoms with Crippen LogP contribution in [0.1, 0.15) is 31.9 Å². The van der Waals surface area contributed by atoms with Crippen molar-refractivity contribution in [1.82, 2.24) is 10.2 Å². The van der Waals surface area contributed by atoms with Crippen molar-refractivity contribution in [1.29, 1.82) is 0 Å². The number of carboxylic acid groups (broad SMARTS) is 1. The van der Waals surface area contributed by atoms with Crippen LogP contribution in [0.3, 0.4) is 0 Å². The van der Waals surface area contributed by atoms with Crippen LogP contribution in [0.25, 0.3) is 0 Å². The molecule has 1 aliphatic heterocycles. The number of benzene rings is 1. The summed E-state index contributed by atoms with van der Waals surface area (Å²) in [6.45, 7) is 2.93. The number of nitrogens with one attached hydrogen (secondary N) is 1. The van der Waals surface area contributed by atoms with Crippen LogP contribution in [-0.2, 0) is 9.59 Å². The number of amides is 3. The van der Waals surface area contributed by atoms with Crippen LogP contribution in [0.5, 0.6) is 5.75 Å². The lowest BCUT2D eigenvalue weighted by atomic mass is 10.0. The van der Waals surface area contributed by atoms with E-state index in [1.165, 1.54) is 0 Å². The van der Waals surface area contributed by atoms with E-state index in [1.54, 1.807) is 24.3 Å². The molecule has 2 rings (SSSR count). The number of hydrogen-bond acceptors (Lipinski definition) is 6. The fourth-order valence-corrected chi connectivity index (χ4v) is 2.84. The van der Waals surface area contributed by atoms with Crippen LogP contribution in [0, 0.1) is 5.92 Å². The van der Waals surface area contributed by atoms with Crippen LogP contribution in [0.4, 0.5) is 4.79 Å². The largest absolute Gasteiger partial charge is 0.486 e. The molecule has 1 aliphatic rings. The third-order valence-electron chi connectivity index (χ3n) is 4.19. The van der Waals surface area contributed by atoms with Gasteiger partial charge in [-0.2, -0.15) is 0 Å². The number of aliphatic hydroxyl groups excluding tert-OH is 2. The summed E-state index contributed by atoms with van der Waals surface area (Å²) in [7, 11) is 0. The molecule has 0 saturated carbocycles. The molecule has 9 heteroatoms. The van der Waals surface area contributed by atoms with Crippen LogP contribution in [-0.4, -0.2) is 63.5 Å². The number of ether oxygens (including phenoxy) is 1. The van der Waals surface area contributed by atoms with Gasteiger partial charge in [0.1, 0.15) is 23.9 Å². The molecular formula is C18H24N2O7. The molecule has 2 atom stereocenters. The quantitative estimate of drug-likeness (QED) is 0.458. The maximum absolute atomic E-state index is 12.7. The van der Waals surface area contributed by atoms with Crippen molar-refractivity contribution in [3.8, 4) is 5.75 Å². The summed E-state index contributed by atoms with van der Waals surface area (Å²) in [6, 6.07) is 3.26. The van der Waals surface area contributed by atoms with E-state index in [1.807, 2.05) is 13.8 Å². The summed E-state index contributed by atoms with van der Waals surface area (Å²) < 4.78 is 5.35. The SMILES string of the molecule is CC(C)C[C@@H](C(=O)O)N1C(=O)N[C@H](c2ccc(OC(CO)CO)cc2)C1=O. The number of aliphatic hydroxyl groups is 2. The molecule has 0 radical (unpaired) electrons. The Balaban J connectivity index is 2.17. The van der Waals surface area contributed by atoms with E-state index in [2.05, 4.69) is 5.32 Å². The molecule has 1 saturated heterocycles. The average molecular weight is 380 g/mol. The second kappa shape index (κ2) is 8.83. The number of imide groups is 1. The van der Waals surface area contributed by atoms with Crippen LogP contribution in [0.2, 0.25) is 0 Å². The fraction of sp³-hybridized carbons (Fsp3) is 0.500. The highest BCUT2D eigenvalue weighted by atomic mass is 16.5. The molecule has 1 heterocycles. The minimum Gasteiger partial charge on any atom is -0.486 e. The summed E-state index contributed by atoms with van der Waals surface area (Å²) >= 11 is 0. The highest BCUT2D eigenvalue weighted by Gasteiger charge is 2.45. The average Bonchev–Trinajstić information content (AvgIpc) is 2.92. The Kier molecular flexibility index (Phi) is 6.75. The van der Waals surface area contributed by atoms with Crippen LogP contribution < -0.4 is 10.1 Å². The smallest absolute Gasteiger partial charge is 0.327 e. The van der Waals surface area contributed by atoms with Crippen LogP contribution >= 0.6 is 0 Å². The standard InChI is InChI=1S/C18H24N2O7/c1-10(2)7-14(17(24)25)20-16(23)15(19-18(20)26)11-3-5-12(6-4-11)27-13(8-21)9-22/h3-6,10,13-15,21-22H,7-9H2,1-2H3,(H,19,26)(H,24,25)/t14-,15+/m0/s1. The lowest BCUT2D eigenvalue weighted by molar-refractivity contribution is -0.147. The molecule has 0 spiro atoms. The predicted molar refractivity (Wildman–Crippen MR) is 94.0 cm³/mol. The van der Waals surface area contributed by atoms with E-state index in [-0.39, 0.29) is 25.6 Å². The Morgan fingerprint density at radius 3 is 2.26 bits per heavy atom. The molecule has 0 unspecified atom stereocenters. The zero-order valence-corrected chi connectivity index (χ0v) is 15.2. The van der Waals surface area contributed by atoms with Gasteiger partial charge in [0.05, 0.1) is 13.2 Å². The highest BCUT2D eigenvalue weighted by Crippen LogP contribution is 2.27. The first kappa shape index (κ1) is 20.7. The summed E-state index contributed by atoms with van der Waals surface area (Å²) in [4.78, 5) is 37.2. The van der Waals surface area contributed by atoms with Crippen LogP contribution in [0.15, 0.2) is 24.3 Å². The molecule has 1 fully saturated rings. The van der Waals surface area contributed by atoms with Gasteiger partial charge >= 0.3 is 12.0 Å². The summed E-state index contributed by atoms with van der Waals surface area (Å²) in [5.41, 5.74) is 0.474. The number of carboxylic acids is 1. The van der Waals surface area contributed by atoms with Gasteiger partial charge < -0.3 is 25.4 Å². The van der Waals surface area contributed by atoms with E-state index in [0.29, 0.717) is 11.3 Å². The topological polar surface area (TPSA) is 136 Å². The summed E-state index contributed by atoms with van der Waals surface area (Å²) in [5.74, 6) is -1.47. The van der Waals surface area contributed by atoms with Crippen molar-refractivity contribution in [2.24, 2.45) is 5.92 Å². The molecule has 3 amide bonds. The molecule has 1 aromatic carbocycles. The molecular weight excluding hydrogens is 356 g/mol. The van der Waals surface area contributed by atoms with Gasteiger partial charge in [-0.15, -0.1) is 0 Å². The number of hydrogen-bond donors (Lipinski definition) is 4. The van der Waals surface area contributed by atoms with Crippen molar-refractivity contribution in [2.75, 3.05) is 13.2 Å². The predicted octanol–water partition coefficient (Wildman–Crippen LogP) is 0.511. The Morgan fingerprint density at radius 2 is 1.78 bits per heavy atom. The zero-order valence-electron chi connectivity index (χ0n) is 15.2. The van der Waals surface area contributed by atoms with Gasteiger partial charge in [-0.1, -0.05) is 26.0 Å². The van der Waals surface area contributed by atoms with Crippen molar-refractivity contribution < 1.29 is 34.4 Å². The first-order valence-corrected chi connectivity index (χ1v) is 8.63. The minimum atomic E-state index is -1.23. The molecule has 9 nitrogen and oxygen atoms in total. The van der Waals surface area contributed by atoms with E-state index >= 15 is 0 Å². The fourth-order valence-electron chi connectivity index (χ4n) is 2.84. The first-order chi connectivity index (χ1) is 12.8. The molecule has 4 N–H and O–H groups in total. The monoisotopic (exact) mass is 380 g/mol. The van der Waals surface area contributed by atoms with Gasteiger partial charge in [0.25, 0.3) is 5.91 Å². The van der Waals surface area contributed by atoms with Crippen molar-refractivity contribution in [3.05, 3.63) is 29.8 Å². The first-order valence-electron chi connectivity index (χ1n) is 8.63. The second-order valence-corrected chi connectivity index (χ2v) is 6.75. The number of nitrogens with zero attached hydrogens (tertiary/aromatic N) is 1. The molecule has 148 valence electrons. The Hall–Kier alpha value is -2.65. The number of urea groups is 1. The van der Waals surface area contributed by atoms with E-state index in [4.69, 9.17) is 14.9 Å².